The van der Waals surface area contributed by atoms with Gasteiger partial charge in [0.05, 0.1) is 12.2 Å². The first-order valence-electron chi connectivity index (χ1n) is 13.7. The van der Waals surface area contributed by atoms with Crippen molar-refractivity contribution < 1.29 is 27.8 Å². The van der Waals surface area contributed by atoms with Crippen LogP contribution in [0.3, 0.4) is 0 Å². The predicted octanol–water partition coefficient (Wildman–Crippen LogP) is 8.29. The van der Waals surface area contributed by atoms with Gasteiger partial charge in [-0.25, -0.2) is 18.0 Å². The maximum atomic E-state index is 15.2. The lowest BCUT2D eigenvalue weighted by molar-refractivity contribution is -0.146. The fourth-order valence-corrected chi connectivity index (χ4v) is 5.27. The number of carbonyl (C=O) groups is 1. The van der Waals surface area contributed by atoms with Gasteiger partial charge in [0.1, 0.15) is 23.6 Å². The van der Waals surface area contributed by atoms with E-state index >= 15 is 13.2 Å². The molecule has 1 saturated carbocycles. The molecule has 39 heavy (non-hydrogen) atoms. The molecule has 0 unspecified atom stereocenters. The van der Waals surface area contributed by atoms with Crippen molar-refractivity contribution in [3.63, 3.8) is 0 Å². The Kier molecular flexibility index (Phi) is 9.63. The van der Waals surface area contributed by atoms with Gasteiger partial charge in [-0.3, -0.25) is 0 Å². The topological polar surface area (TPSA) is 46.5 Å². The number of ether oxygens (including phenoxy) is 1. The molecule has 3 aromatic rings. The lowest BCUT2D eigenvalue weighted by Crippen LogP contribution is -2.25. The summed E-state index contributed by atoms with van der Waals surface area (Å²) in [5, 5.41) is 9.01. The summed E-state index contributed by atoms with van der Waals surface area (Å²) in [5.41, 5.74) is 3.08. The van der Waals surface area contributed by atoms with Crippen LogP contribution in [-0.4, -0.2) is 23.8 Å². The van der Waals surface area contributed by atoms with Crippen LogP contribution in [0, 0.1) is 17.5 Å². The number of esters is 1. The van der Waals surface area contributed by atoms with Gasteiger partial charge in [-0.2, -0.15) is 0 Å². The maximum absolute atomic E-state index is 15.2. The smallest absolute Gasteiger partial charge is 0.336 e. The van der Waals surface area contributed by atoms with Crippen LogP contribution in [0.4, 0.5) is 13.2 Å². The molecule has 1 fully saturated rings. The lowest BCUT2D eigenvalue weighted by atomic mass is 9.81. The largest absolute Gasteiger partial charge is 0.459 e. The molecule has 1 N–H and O–H groups in total. The summed E-state index contributed by atoms with van der Waals surface area (Å²) in [6.45, 7) is 5.14. The van der Waals surface area contributed by atoms with E-state index in [1.165, 1.54) is 36.6 Å². The molecule has 0 heterocycles. The van der Waals surface area contributed by atoms with Crippen LogP contribution in [0.5, 0.6) is 0 Å². The Bertz CT molecular complexity index is 1290. The highest BCUT2D eigenvalue weighted by Crippen LogP contribution is 2.39. The van der Waals surface area contributed by atoms with Gasteiger partial charge in [-0.1, -0.05) is 62.7 Å². The fourth-order valence-electron chi connectivity index (χ4n) is 5.27. The van der Waals surface area contributed by atoms with E-state index in [4.69, 9.17) is 9.84 Å². The van der Waals surface area contributed by atoms with Gasteiger partial charge < -0.3 is 9.84 Å². The van der Waals surface area contributed by atoms with Crippen LogP contribution >= 0.6 is 0 Å². The van der Waals surface area contributed by atoms with Crippen molar-refractivity contribution in [3.8, 4) is 22.3 Å². The lowest BCUT2D eigenvalue weighted by Gasteiger charge is -2.29. The Hall–Kier alpha value is -3.38. The van der Waals surface area contributed by atoms with Crippen molar-refractivity contribution >= 4 is 5.97 Å². The molecule has 3 nitrogen and oxygen atoms in total. The molecular formula is C33H35F3O3. The maximum Gasteiger partial charge on any atom is 0.336 e. The monoisotopic (exact) mass is 536 g/mol. The first-order valence-corrected chi connectivity index (χ1v) is 13.7. The van der Waals surface area contributed by atoms with Crippen molar-refractivity contribution in [1.29, 1.82) is 0 Å². The molecule has 0 amide bonds. The summed E-state index contributed by atoms with van der Waals surface area (Å²) >= 11 is 0. The molecule has 0 aromatic heterocycles. The van der Waals surface area contributed by atoms with Crippen molar-refractivity contribution in [3.05, 3.63) is 95.3 Å². The van der Waals surface area contributed by atoms with E-state index in [2.05, 4.69) is 25.6 Å². The molecule has 1 aliphatic rings. The van der Waals surface area contributed by atoms with Crippen molar-refractivity contribution in [2.45, 2.75) is 70.3 Å². The van der Waals surface area contributed by atoms with Gasteiger partial charge in [-0.15, -0.1) is 0 Å². The highest BCUT2D eigenvalue weighted by Gasteiger charge is 2.29. The first-order chi connectivity index (χ1) is 18.8. The number of benzene rings is 3. The van der Waals surface area contributed by atoms with E-state index in [-0.39, 0.29) is 34.3 Å². The van der Waals surface area contributed by atoms with Gasteiger partial charge in [0, 0.05) is 11.1 Å². The van der Waals surface area contributed by atoms with E-state index in [9.17, 15) is 4.79 Å². The molecule has 4 rings (SSSR count). The minimum Gasteiger partial charge on any atom is -0.459 e. The third-order valence-electron chi connectivity index (χ3n) is 7.55. The summed E-state index contributed by atoms with van der Waals surface area (Å²) in [7, 11) is 0. The number of aliphatic hydroxyl groups is 1. The van der Waals surface area contributed by atoms with E-state index in [1.807, 2.05) is 12.1 Å². The zero-order valence-corrected chi connectivity index (χ0v) is 22.3. The number of hydrogen-bond acceptors (Lipinski definition) is 3. The molecule has 1 aliphatic carbocycles. The second-order valence-electron chi connectivity index (χ2n) is 10.3. The highest BCUT2D eigenvalue weighted by molar-refractivity contribution is 5.88. The van der Waals surface area contributed by atoms with Crippen LogP contribution < -0.4 is 0 Å². The van der Waals surface area contributed by atoms with Gasteiger partial charge in [0.15, 0.2) is 0 Å². The predicted molar refractivity (Wildman–Crippen MR) is 148 cm³/mol. The average molecular weight is 537 g/mol. The number of rotatable bonds is 10. The molecule has 0 spiro atoms. The normalized spacial score (nSPS) is 17.2. The van der Waals surface area contributed by atoms with E-state index in [0.29, 0.717) is 31.2 Å². The van der Waals surface area contributed by atoms with Crippen LogP contribution in [-0.2, 0) is 16.0 Å². The number of hydrogen-bond donors (Lipinski definition) is 1. The first kappa shape index (κ1) is 28.6. The van der Waals surface area contributed by atoms with Crippen molar-refractivity contribution in [2.75, 3.05) is 6.61 Å². The quantitative estimate of drug-likeness (QED) is 0.161. The Morgan fingerprint density at radius 2 is 1.49 bits per heavy atom. The summed E-state index contributed by atoms with van der Waals surface area (Å²) in [4.78, 5) is 11.8. The van der Waals surface area contributed by atoms with Crippen LogP contribution in [0.1, 0.15) is 68.9 Å². The molecule has 0 aliphatic heterocycles. The number of unbranched alkanes of at least 4 members (excludes halogenated alkanes) is 2. The second-order valence-corrected chi connectivity index (χ2v) is 10.3. The van der Waals surface area contributed by atoms with Gasteiger partial charge in [-0.05, 0) is 84.9 Å². The summed E-state index contributed by atoms with van der Waals surface area (Å²) in [6.07, 6.45) is 5.92. The Labute approximate surface area is 228 Å². The minimum atomic E-state index is -0.707. The average Bonchev–Trinajstić information content (AvgIpc) is 2.93. The molecule has 0 radical (unpaired) electrons. The molecule has 0 bridgehead atoms. The number of aliphatic hydroxyl groups excluding tert-OH is 1. The zero-order valence-electron chi connectivity index (χ0n) is 22.3. The molecule has 206 valence electrons. The second kappa shape index (κ2) is 13.1. The summed E-state index contributed by atoms with van der Waals surface area (Å²) in [5.74, 6) is -2.98. The summed E-state index contributed by atoms with van der Waals surface area (Å²) < 4.78 is 50.8. The zero-order chi connectivity index (χ0) is 27.9. The van der Waals surface area contributed by atoms with Crippen molar-refractivity contribution in [2.24, 2.45) is 0 Å². The summed E-state index contributed by atoms with van der Waals surface area (Å²) in [6, 6.07) is 15.2. The minimum absolute atomic E-state index is 0.0145. The molecule has 3 aromatic carbocycles. The van der Waals surface area contributed by atoms with Crippen LogP contribution in [0.2, 0.25) is 0 Å². The SMILES string of the molecule is C=C(CO)C(=O)OC1CCC(c2c(F)cc(-c3ccc(-c4ccc(CCCCC)cc4)cc3F)cc2F)CC1. The Morgan fingerprint density at radius 1 is 0.872 bits per heavy atom. The van der Waals surface area contributed by atoms with Crippen LogP contribution in [0.25, 0.3) is 22.3 Å². The van der Waals surface area contributed by atoms with E-state index < -0.39 is 30.0 Å². The van der Waals surface area contributed by atoms with E-state index in [1.54, 1.807) is 12.1 Å². The Morgan fingerprint density at radius 3 is 2.08 bits per heavy atom. The van der Waals surface area contributed by atoms with Gasteiger partial charge in [0.2, 0.25) is 0 Å². The number of carbonyl (C=O) groups excluding carboxylic acids is 1. The fraction of sp³-hybridized carbons (Fsp3) is 0.364. The number of halogens is 3. The highest BCUT2D eigenvalue weighted by atomic mass is 19.1. The third kappa shape index (κ3) is 6.99. The van der Waals surface area contributed by atoms with Gasteiger partial charge >= 0.3 is 5.97 Å². The van der Waals surface area contributed by atoms with Gasteiger partial charge in [0.25, 0.3) is 0 Å². The molecule has 0 atom stereocenters. The van der Waals surface area contributed by atoms with Crippen LogP contribution in [0.15, 0.2) is 66.7 Å². The molecular weight excluding hydrogens is 501 g/mol. The van der Waals surface area contributed by atoms with Crippen molar-refractivity contribution in [1.82, 2.24) is 0 Å². The number of aryl methyl sites for hydroxylation is 1. The standard InChI is InChI=1S/C33H35F3O3/c1-3-4-5-6-22-7-9-23(10-8-22)25-13-16-28(29(34)17-25)26-18-30(35)32(31(36)19-26)24-11-14-27(15-12-24)39-33(38)21(2)20-37/h7-10,13,16-19,24,27,37H,2-6,11-12,14-15,20H2,1H3. The Balaban J connectivity index is 1.45. The molecule has 0 saturated heterocycles. The molecule has 6 heteroatoms. The van der Waals surface area contributed by atoms with E-state index in [0.717, 1.165) is 18.4 Å². The third-order valence-corrected chi connectivity index (χ3v) is 7.55.